The number of nitrogens with zero attached hydrogens (tertiary/aromatic N) is 2. The number of fused-ring (bicyclic) bond motifs is 1. The van der Waals surface area contributed by atoms with Crippen LogP contribution in [0.3, 0.4) is 0 Å². The summed E-state index contributed by atoms with van der Waals surface area (Å²) in [5, 5.41) is 13.7. The lowest BCUT2D eigenvalue weighted by molar-refractivity contribution is -0.384. The Hall–Kier alpha value is -3.24. The Morgan fingerprint density at radius 3 is 2.61 bits per heavy atom. The first-order chi connectivity index (χ1) is 14.9. The third-order valence-corrected chi connectivity index (χ3v) is 5.76. The SMILES string of the molecule is COc1ccc(-c2nc3cc(NC(=O)c4cc([N+](=O)[O-])ccc4Br)ccc3o2)cc1Br. The summed E-state index contributed by atoms with van der Waals surface area (Å²) in [4.78, 5) is 27.6. The molecule has 0 unspecified atom stereocenters. The zero-order valence-corrected chi connectivity index (χ0v) is 19.1. The van der Waals surface area contributed by atoms with Crippen molar-refractivity contribution in [1.29, 1.82) is 0 Å². The van der Waals surface area contributed by atoms with E-state index in [-0.39, 0.29) is 11.3 Å². The van der Waals surface area contributed by atoms with Crippen molar-refractivity contribution in [3.05, 3.63) is 79.2 Å². The summed E-state index contributed by atoms with van der Waals surface area (Å²) in [6, 6.07) is 14.5. The van der Waals surface area contributed by atoms with Crippen LogP contribution in [0.1, 0.15) is 10.4 Å². The number of halogens is 2. The molecule has 156 valence electrons. The standard InChI is InChI=1S/C21H13Br2N3O5/c1-30-18-6-2-11(8-16(18)23)21-25-17-9-12(3-7-19(17)31-21)24-20(27)14-10-13(26(28)29)4-5-15(14)22/h2-10H,1H3,(H,24,27). The van der Waals surface area contributed by atoms with E-state index >= 15 is 0 Å². The lowest BCUT2D eigenvalue weighted by Crippen LogP contribution is -2.12. The summed E-state index contributed by atoms with van der Waals surface area (Å²) < 4.78 is 12.3. The van der Waals surface area contributed by atoms with Gasteiger partial charge in [0.1, 0.15) is 11.3 Å². The van der Waals surface area contributed by atoms with Crippen molar-refractivity contribution in [2.45, 2.75) is 0 Å². The van der Waals surface area contributed by atoms with Gasteiger partial charge in [-0.3, -0.25) is 14.9 Å². The minimum absolute atomic E-state index is 0.151. The van der Waals surface area contributed by atoms with Gasteiger partial charge in [0, 0.05) is 27.9 Å². The Kier molecular flexibility index (Phi) is 5.75. The van der Waals surface area contributed by atoms with Crippen molar-refractivity contribution in [1.82, 2.24) is 4.98 Å². The number of rotatable bonds is 5. The van der Waals surface area contributed by atoms with Crippen LogP contribution in [0.4, 0.5) is 11.4 Å². The van der Waals surface area contributed by atoms with Gasteiger partial charge in [-0.1, -0.05) is 0 Å². The van der Waals surface area contributed by atoms with Crippen LogP contribution in [0, 0.1) is 10.1 Å². The number of anilines is 1. The van der Waals surface area contributed by atoms with E-state index in [9.17, 15) is 14.9 Å². The largest absolute Gasteiger partial charge is 0.496 e. The molecule has 31 heavy (non-hydrogen) atoms. The second-order valence-corrected chi connectivity index (χ2v) is 8.13. The zero-order valence-electron chi connectivity index (χ0n) is 15.9. The molecule has 10 heteroatoms. The molecule has 0 fully saturated rings. The van der Waals surface area contributed by atoms with Crippen molar-refractivity contribution in [2.24, 2.45) is 0 Å². The van der Waals surface area contributed by atoms with Crippen LogP contribution >= 0.6 is 31.9 Å². The van der Waals surface area contributed by atoms with Gasteiger partial charge in [0.15, 0.2) is 5.58 Å². The Balaban J connectivity index is 1.62. The Morgan fingerprint density at radius 1 is 1.10 bits per heavy atom. The van der Waals surface area contributed by atoms with Crippen molar-refractivity contribution in [3.63, 3.8) is 0 Å². The summed E-state index contributed by atoms with van der Waals surface area (Å²) in [5.74, 6) is 0.623. The highest BCUT2D eigenvalue weighted by molar-refractivity contribution is 9.10. The number of methoxy groups -OCH3 is 1. The number of hydrogen-bond donors (Lipinski definition) is 1. The maximum Gasteiger partial charge on any atom is 0.270 e. The predicted octanol–water partition coefficient (Wildman–Crippen LogP) is 6.19. The Labute approximate surface area is 192 Å². The number of benzene rings is 3. The highest BCUT2D eigenvalue weighted by atomic mass is 79.9. The van der Waals surface area contributed by atoms with Gasteiger partial charge in [0.05, 0.1) is 22.1 Å². The van der Waals surface area contributed by atoms with Crippen molar-refractivity contribution < 1.29 is 18.9 Å². The second kappa shape index (κ2) is 8.48. The molecular weight excluding hydrogens is 534 g/mol. The molecule has 1 amide bonds. The predicted molar refractivity (Wildman–Crippen MR) is 122 cm³/mol. The lowest BCUT2D eigenvalue weighted by atomic mass is 10.2. The number of non-ortho nitro benzene ring substituents is 1. The summed E-state index contributed by atoms with van der Waals surface area (Å²) in [7, 11) is 1.58. The van der Waals surface area contributed by atoms with E-state index < -0.39 is 10.8 Å². The number of nitro groups is 1. The van der Waals surface area contributed by atoms with E-state index in [1.165, 1.54) is 18.2 Å². The van der Waals surface area contributed by atoms with Gasteiger partial charge in [-0.15, -0.1) is 0 Å². The Bertz CT molecular complexity index is 1340. The third kappa shape index (κ3) is 4.30. The van der Waals surface area contributed by atoms with Crippen LogP contribution in [0.15, 0.2) is 68.0 Å². The first-order valence-electron chi connectivity index (χ1n) is 8.85. The average molecular weight is 547 g/mol. The van der Waals surface area contributed by atoms with E-state index in [1.54, 1.807) is 31.4 Å². The maximum absolute atomic E-state index is 12.6. The molecule has 4 rings (SSSR count). The number of amides is 1. The fraction of sp³-hybridized carbons (Fsp3) is 0.0476. The number of nitrogens with one attached hydrogen (secondary N) is 1. The van der Waals surface area contributed by atoms with E-state index in [2.05, 4.69) is 42.2 Å². The monoisotopic (exact) mass is 545 g/mol. The highest BCUT2D eigenvalue weighted by Gasteiger charge is 2.17. The number of carbonyl (C=O) groups is 1. The first-order valence-corrected chi connectivity index (χ1v) is 10.4. The molecule has 1 aromatic heterocycles. The molecule has 8 nitrogen and oxygen atoms in total. The van der Waals surface area contributed by atoms with Gasteiger partial charge in [0.25, 0.3) is 11.6 Å². The molecule has 0 aliphatic heterocycles. The van der Waals surface area contributed by atoms with Crippen molar-refractivity contribution in [2.75, 3.05) is 12.4 Å². The molecule has 0 saturated heterocycles. The average Bonchev–Trinajstić information content (AvgIpc) is 3.17. The molecule has 0 aliphatic rings. The topological polar surface area (TPSA) is 108 Å². The van der Waals surface area contributed by atoms with Gasteiger partial charge in [0.2, 0.25) is 5.89 Å². The van der Waals surface area contributed by atoms with Crippen LogP contribution in [-0.2, 0) is 0 Å². The van der Waals surface area contributed by atoms with Crippen molar-refractivity contribution >= 4 is 60.2 Å². The number of hydrogen-bond acceptors (Lipinski definition) is 6. The molecule has 0 saturated carbocycles. The molecule has 0 aliphatic carbocycles. The fourth-order valence-corrected chi connectivity index (χ4v) is 3.89. The molecule has 1 N–H and O–H groups in total. The molecule has 0 atom stereocenters. The van der Waals surface area contributed by atoms with E-state index in [0.29, 0.717) is 32.9 Å². The normalized spacial score (nSPS) is 10.8. The molecular formula is C21H13Br2N3O5. The third-order valence-electron chi connectivity index (χ3n) is 4.45. The van der Waals surface area contributed by atoms with Gasteiger partial charge >= 0.3 is 0 Å². The summed E-state index contributed by atoms with van der Waals surface area (Å²) in [6.07, 6.45) is 0. The molecule has 3 aromatic carbocycles. The van der Waals surface area contributed by atoms with Crippen LogP contribution in [0.2, 0.25) is 0 Å². The number of nitro benzene ring substituents is 1. The highest BCUT2D eigenvalue weighted by Crippen LogP contribution is 2.32. The summed E-state index contributed by atoms with van der Waals surface area (Å²) >= 11 is 6.70. The molecule has 1 heterocycles. The number of ether oxygens (including phenoxy) is 1. The van der Waals surface area contributed by atoms with Crippen LogP contribution in [-0.4, -0.2) is 22.9 Å². The van der Waals surface area contributed by atoms with E-state index in [0.717, 1.165) is 10.0 Å². The zero-order chi connectivity index (χ0) is 22.1. The van der Waals surface area contributed by atoms with Crippen molar-refractivity contribution in [3.8, 4) is 17.2 Å². The van der Waals surface area contributed by atoms with Gasteiger partial charge < -0.3 is 14.5 Å². The van der Waals surface area contributed by atoms with Crippen LogP contribution in [0.25, 0.3) is 22.6 Å². The number of oxazole rings is 1. The van der Waals surface area contributed by atoms with Gasteiger partial charge in [-0.05, 0) is 74.3 Å². The first kappa shape index (κ1) is 21.0. The lowest BCUT2D eigenvalue weighted by Gasteiger charge is -2.06. The van der Waals surface area contributed by atoms with Crippen LogP contribution in [0.5, 0.6) is 5.75 Å². The number of aromatic nitrogens is 1. The smallest absolute Gasteiger partial charge is 0.270 e. The fourth-order valence-electron chi connectivity index (χ4n) is 2.93. The second-order valence-electron chi connectivity index (χ2n) is 6.43. The molecule has 0 bridgehead atoms. The maximum atomic E-state index is 12.6. The molecule has 4 aromatic rings. The van der Waals surface area contributed by atoms with Gasteiger partial charge in [-0.2, -0.15) is 0 Å². The van der Waals surface area contributed by atoms with Gasteiger partial charge in [-0.25, -0.2) is 4.98 Å². The quantitative estimate of drug-likeness (QED) is 0.236. The molecule has 0 radical (unpaired) electrons. The summed E-state index contributed by atoms with van der Waals surface area (Å²) in [6.45, 7) is 0. The van der Waals surface area contributed by atoms with E-state index in [1.807, 2.05) is 12.1 Å². The minimum atomic E-state index is -0.552. The van der Waals surface area contributed by atoms with Crippen LogP contribution < -0.4 is 10.1 Å². The minimum Gasteiger partial charge on any atom is -0.496 e. The Morgan fingerprint density at radius 2 is 1.90 bits per heavy atom. The number of carbonyl (C=O) groups excluding carboxylic acids is 1. The molecule has 0 spiro atoms. The van der Waals surface area contributed by atoms with E-state index in [4.69, 9.17) is 9.15 Å². The summed E-state index contributed by atoms with van der Waals surface area (Å²) in [5.41, 5.74) is 2.32.